The Hall–Kier alpha value is -3.12. The minimum absolute atomic E-state index is 0.106. The van der Waals surface area contributed by atoms with Crippen LogP contribution in [0.15, 0.2) is 77.3 Å². The van der Waals surface area contributed by atoms with E-state index in [1.807, 2.05) is 86.6 Å². The molecule has 2 amide bonds. The fourth-order valence-electron chi connectivity index (χ4n) is 4.86. The summed E-state index contributed by atoms with van der Waals surface area (Å²) < 4.78 is 6.93. The van der Waals surface area contributed by atoms with Crippen LogP contribution in [0, 0.1) is 13.8 Å². The van der Waals surface area contributed by atoms with E-state index in [0.717, 1.165) is 52.4 Å². The number of nitrogens with one attached hydrogen (secondary N) is 1. The van der Waals surface area contributed by atoms with Crippen LogP contribution in [-0.2, 0) is 22.6 Å². The van der Waals surface area contributed by atoms with Gasteiger partial charge in [-0.05, 0) is 67.1 Å². The largest absolute Gasteiger partial charge is 0.483 e. The van der Waals surface area contributed by atoms with Crippen LogP contribution in [0.4, 0.5) is 0 Å². The standard InChI is InChI=1S/C31H35BrN2O3/c1-22-10-8-17-29(23(22)2)37-21-30(35)34(20-25-13-9-14-26(32)18-25)28(19-24-11-4-3-5-12-24)31(36)33-27-15-6-7-16-27/h3-5,8-14,17-18,27-28H,6-7,15-16,19-21H2,1-2H3,(H,33,36)/t28-/m0/s1. The lowest BCUT2D eigenvalue weighted by Crippen LogP contribution is -2.53. The highest BCUT2D eigenvalue weighted by atomic mass is 79.9. The van der Waals surface area contributed by atoms with Gasteiger partial charge in [-0.3, -0.25) is 9.59 Å². The summed E-state index contributed by atoms with van der Waals surface area (Å²) in [7, 11) is 0. The minimum atomic E-state index is -0.656. The molecule has 0 bridgehead atoms. The van der Waals surface area contributed by atoms with E-state index in [9.17, 15) is 9.59 Å². The number of amides is 2. The number of rotatable bonds is 10. The average Bonchev–Trinajstić information content (AvgIpc) is 3.40. The van der Waals surface area contributed by atoms with Crippen LogP contribution >= 0.6 is 15.9 Å². The van der Waals surface area contributed by atoms with Crippen LogP contribution < -0.4 is 10.1 Å². The van der Waals surface area contributed by atoms with Crippen molar-refractivity contribution in [3.05, 3.63) is 99.5 Å². The number of hydrogen-bond donors (Lipinski definition) is 1. The van der Waals surface area contributed by atoms with Crippen LogP contribution in [-0.4, -0.2) is 35.4 Å². The van der Waals surface area contributed by atoms with Crippen molar-refractivity contribution in [2.24, 2.45) is 0 Å². The maximum Gasteiger partial charge on any atom is 0.261 e. The highest BCUT2D eigenvalue weighted by Crippen LogP contribution is 2.23. The molecule has 194 valence electrons. The number of carbonyl (C=O) groups is 2. The second-order valence-electron chi connectivity index (χ2n) is 9.83. The van der Waals surface area contributed by atoms with E-state index < -0.39 is 6.04 Å². The summed E-state index contributed by atoms with van der Waals surface area (Å²) in [6.45, 7) is 4.18. The normalized spacial score (nSPS) is 14.2. The van der Waals surface area contributed by atoms with Crippen molar-refractivity contribution in [3.8, 4) is 5.75 Å². The number of hydrogen-bond acceptors (Lipinski definition) is 3. The minimum Gasteiger partial charge on any atom is -0.483 e. The highest BCUT2D eigenvalue weighted by molar-refractivity contribution is 9.10. The second-order valence-corrected chi connectivity index (χ2v) is 10.7. The number of carbonyl (C=O) groups excluding carboxylic acids is 2. The molecule has 1 aliphatic rings. The molecule has 0 saturated heterocycles. The Labute approximate surface area is 228 Å². The van der Waals surface area contributed by atoms with E-state index in [1.165, 1.54) is 0 Å². The Morgan fingerprint density at radius 1 is 0.973 bits per heavy atom. The van der Waals surface area contributed by atoms with E-state index in [-0.39, 0.29) is 24.5 Å². The molecule has 4 rings (SSSR count). The summed E-state index contributed by atoms with van der Waals surface area (Å²) in [5, 5.41) is 3.24. The first kappa shape index (κ1) is 26.9. The Morgan fingerprint density at radius 3 is 2.41 bits per heavy atom. The molecule has 0 aliphatic heterocycles. The predicted octanol–water partition coefficient (Wildman–Crippen LogP) is 6.14. The van der Waals surface area contributed by atoms with Gasteiger partial charge in [0.05, 0.1) is 0 Å². The number of benzene rings is 3. The molecule has 5 nitrogen and oxygen atoms in total. The van der Waals surface area contributed by atoms with Crippen LogP contribution in [0.1, 0.15) is 47.9 Å². The average molecular weight is 564 g/mol. The van der Waals surface area contributed by atoms with E-state index in [4.69, 9.17) is 4.74 Å². The summed E-state index contributed by atoms with van der Waals surface area (Å²) in [4.78, 5) is 29.2. The Balaban J connectivity index is 1.62. The van der Waals surface area contributed by atoms with Gasteiger partial charge in [0.25, 0.3) is 5.91 Å². The van der Waals surface area contributed by atoms with Crippen LogP contribution in [0.3, 0.4) is 0 Å². The molecule has 1 aliphatic carbocycles. The Bertz CT molecular complexity index is 1210. The third-order valence-corrected chi connectivity index (χ3v) is 7.61. The molecular formula is C31H35BrN2O3. The van der Waals surface area contributed by atoms with Crippen molar-refractivity contribution in [3.63, 3.8) is 0 Å². The smallest absolute Gasteiger partial charge is 0.261 e. The molecule has 1 fully saturated rings. The van der Waals surface area contributed by atoms with Gasteiger partial charge in [-0.2, -0.15) is 0 Å². The molecule has 6 heteroatoms. The van der Waals surface area contributed by atoms with E-state index >= 15 is 0 Å². The summed E-state index contributed by atoms with van der Waals surface area (Å²) in [6.07, 6.45) is 4.65. The first-order valence-electron chi connectivity index (χ1n) is 13.0. The number of aryl methyl sites for hydroxylation is 1. The molecule has 3 aromatic carbocycles. The van der Waals surface area contributed by atoms with Crippen LogP contribution in [0.2, 0.25) is 0 Å². The third-order valence-electron chi connectivity index (χ3n) is 7.12. The zero-order chi connectivity index (χ0) is 26.2. The van der Waals surface area contributed by atoms with Gasteiger partial charge in [-0.1, -0.05) is 83.4 Å². The maximum absolute atomic E-state index is 13.8. The van der Waals surface area contributed by atoms with Crippen molar-refractivity contribution in [1.29, 1.82) is 0 Å². The van der Waals surface area contributed by atoms with Crippen molar-refractivity contribution in [2.45, 2.75) is 64.6 Å². The van der Waals surface area contributed by atoms with Crippen molar-refractivity contribution < 1.29 is 14.3 Å². The monoisotopic (exact) mass is 562 g/mol. The molecule has 0 spiro atoms. The van der Waals surface area contributed by atoms with E-state index in [0.29, 0.717) is 18.7 Å². The fourth-order valence-corrected chi connectivity index (χ4v) is 5.30. The van der Waals surface area contributed by atoms with Gasteiger partial charge >= 0.3 is 0 Å². The molecule has 0 heterocycles. The van der Waals surface area contributed by atoms with E-state index in [1.54, 1.807) is 4.90 Å². The lowest BCUT2D eigenvalue weighted by Gasteiger charge is -2.32. The van der Waals surface area contributed by atoms with Gasteiger partial charge in [-0.25, -0.2) is 0 Å². The summed E-state index contributed by atoms with van der Waals surface area (Å²) >= 11 is 3.54. The molecule has 0 aromatic heterocycles. The Kier molecular flexibility index (Phi) is 9.40. The first-order valence-corrected chi connectivity index (χ1v) is 13.8. The topological polar surface area (TPSA) is 58.6 Å². The highest BCUT2D eigenvalue weighted by Gasteiger charge is 2.32. The van der Waals surface area contributed by atoms with Crippen molar-refractivity contribution >= 4 is 27.7 Å². The fraction of sp³-hybridized carbons (Fsp3) is 0.355. The second kappa shape index (κ2) is 12.9. The molecule has 0 unspecified atom stereocenters. The Morgan fingerprint density at radius 2 is 1.68 bits per heavy atom. The molecule has 0 radical (unpaired) electrons. The van der Waals surface area contributed by atoms with E-state index in [2.05, 4.69) is 21.2 Å². The molecule has 1 saturated carbocycles. The zero-order valence-electron chi connectivity index (χ0n) is 21.6. The zero-order valence-corrected chi connectivity index (χ0v) is 23.2. The van der Waals surface area contributed by atoms with Crippen LogP contribution in [0.25, 0.3) is 0 Å². The molecule has 37 heavy (non-hydrogen) atoms. The lowest BCUT2D eigenvalue weighted by molar-refractivity contribution is -0.143. The van der Waals surface area contributed by atoms with Crippen molar-refractivity contribution in [1.82, 2.24) is 10.2 Å². The number of nitrogens with zero attached hydrogens (tertiary/aromatic N) is 1. The number of ether oxygens (including phenoxy) is 1. The van der Waals surface area contributed by atoms with Gasteiger partial charge in [0.2, 0.25) is 5.91 Å². The third kappa shape index (κ3) is 7.45. The van der Waals surface area contributed by atoms with Gasteiger partial charge in [-0.15, -0.1) is 0 Å². The molecule has 1 N–H and O–H groups in total. The molecule has 3 aromatic rings. The summed E-state index contributed by atoms with van der Waals surface area (Å²) in [5.41, 5.74) is 4.07. The SMILES string of the molecule is Cc1cccc(OCC(=O)N(Cc2cccc(Br)c2)[C@@H](Cc2ccccc2)C(=O)NC2CCCC2)c1C. The molecule has 1 atom stereocenters. The lowest BCUT2D eigenvalue weighted by atomic mass is 10.0. The summed E-state index contributed by atoms with van der Waals surface area (Å²) in [5.74, 6) is 0.361. The van der Waals surface area contributed by atoms with Gasteiger partial charge in [0.15, 0.2) is 6.61 Å². The number of halogens is 1. The summed E-state index contributed by atoms with van der Waals surface area (Å²) in [6, 6.07) is 23.1. The maximum atomic E-state index is 13.8. The van der Waals surface area contributed by atoms with Gasteiger partial charge < -0.3 is 15.0 Å². The first-order chi connectivity index (χ1) is 17.9. The van der Waals surface area contributed by atoms with Crippen LogP contribution in [0.5, 0.6) is 5.75 Å². The van der Waals surface area contributed by atoms with Crippen molar-refractivity contribution in [2.75, 3.05) is 6.61 Å². The van der Waals surface area contributed by atoms with Gasteiger partial charge in [0, 0.05) is 23.5 Å². The predicted molar refractivity (Wildman–Crippen MR) is 150 cm³/mol. The molecular weight excluding hydrogens is 528 g/mol. The quantitative estimate of drug-likeness (QED) is 0.322. The van der Waals surface area contributed by atoms with Gasteiger partial charge in [0.1, 0.15) is 11.8 Å².